The smallest absolute Gasteiger partial charge is 0.272 e. The average molecular weight is 740 g/mol. The Morgan fingerprint density at radius 1 is 0.800 bits per heavy atom. The van der Waals surface area contributed by atoms with Crippen LogP contribution in [0.3, 0.4) is 0 Å². The number of sulfonamides is 1. The lowest BCUT2D eigenvalue weighted by Crippen LogP contribution is -2.48. The summed E-state index contributed by atoms with van der Waals surface area (Å²) < 4.78 is 42.8. The standard InChI is InChI=1S/C36H42ClN5O6S2/c37-32-19-20-35(49-32)50(45,46)41-33-21-29(36(44)39-28-16-8-10-18-31(28)48-24-26-13-5-2-6-14-26)42(40-33)22-34(43)38-27-15-7-9-17-30(27)47-23-25-11-3-1-4-12-25/h1-6,11-14,19-21,27-28,30-31H,7-10,15-18,22-24H2,(H,38,43)(H,39,44)(H,40,41)/t27?,28-,30?,31-/m0/s1. The molecule has 6 rings (SSSR count). The largest absolute Gasteiger partial charge is 0.371 e. The molecule has 0 bridgehead atoms. The topological polar surface area (TPSA) is 141 Å². The number of thiophene rings is 1. The number of halogens is 1. The molecule has 0 aliphatic heterocycles. The molecule has 2 saturated carbocycles. The van der Waals surface area contributed by atoms with Crippen molar-refractivity contribution in [1.29, 1.82) is 0 Å². The number of nitrogens with one attached hydrogen (secondary N) is 3. The Hall–Kier alpha value is -3.75. The molecule has 2 unspecified atom stereocenters. The molecular formula is C36H42ClN5O6S2. The predicted octanol–water partition coefficient (Wildman–Crippen LogP) is 6.30. The quantitative estimate of drug-likeness (QED) is 0.138. The van der Waals surface area contributed by atoms with Gasteiger partial charge in [0, 0.05) is 6.07 Å². The van der Waals surface area contributed by atoms with Gasteiger partial charge in [-0.15, -0.1) is 11.3 Å². The van der Waals surface area contributed by atoms with Crippen molar-refractivity contribution in [3.63, 3.8) is 0 Å². The molecule has 2 heterocycles. The van der Waals surface area contributed by atoms with Gasteiger partial charge in [-0.25, -0.2) is 13.1 Å². The Morgan fingerprint density at radius 2 is 1.36 bits per heavy atom. The van der Waals surface area contributed by atoms with Gasteiger partial charge in [-0.2, -0.15) is 5.10 Å². The normalized spacial score (nSPS) is 21.0. The minimum absolute atomic E-state index is 0.000231. The van der Waals surface area contributed by atoms with Crippen LogP contribution in [-0.2, 0) is 44.1 Å². The van der Waals surface area contributed by atoms with E-state index < -0.39 is 15.9 Å². The second kappa shape index (κ2) is 17.0. The van der Waals surface area contributed by atoms with E-state index in [1.165, 1.54) is 22.9 Å². The van der Waals surface area contributed by atoms with Crippen molar-refractivity contribution in [1.82, 2.24) is 20.4 Å². The minimum Gasteiger partial charge on any atom is -0.371 e. The number of carbonyl (C=O) groups is 2. The van der Waals surface area contributed by atoms with Gasteiger partial charge in [-0.1, -0.05) is 97.9 Å². The highest BCUT2D eigenvalue weighted by Gasteiger charge is 2.31. The number of rotatable bonds is 14. The summed E-state index contributed by atoms with van der Waals surface area (Å²) in [6.45, 7) is 0.569. The predicted molar refractivity (Wildman–Crippen MR) is 193 cm³/mol. The van der Waals surface area contributed by atoms with Gasteiger partial charge in [-0.3, -0.25) is 14.3 Å². The summed E-state index contributed by atoms with van der Waals surface area (Å²) in [4.78, 5) is 27.4. The highest BCUT2D eigenvalue weighted by molar-refractivity contribution is 7.94. The third-order valence-electron chi connectivity index (χ3n) is 9.04. The van der Waals surface area contributed by atoms with Crippen molar-refractivity contribution < 1.29 is 27.5 Å². The maximum Gasteiger partial charge on any atom is 0.272 e. The van der Waals surface area contributed by atoms with Crippen molar-refractivity contribution >= 4 is 50.6 Å². The summed E-state index contributed by atoms with van der Waals surface area (Å²) in [6.07, 6.45) is 6.62. The number of hydrogen-bond donors (Lipinski definition) is 3. The molecule has 4 aromatic rings. The summed E-state index contributed by atoms with van der Waals surface area (Å²) in [7, 11) is -4.04. The van der Waals surface area contributed by atoms with Crippen LogP contribution >= 0.6 is 22.9 Å². The second-order valence-corrected chi connectivity index (χ2v) is 16.4. The molecule has 0 spiro atoms. The van der Waals surface area contributed by atoms with Crippen LogP contribution in [0.25, 0.3) is 0 Å². The van der Waals surface area contributed by atoms with Crippen LogP contribution in [0.15, 0.2) is 83.1 Å². The summed E-state index contributed by atoms with van der Waals surface area (Å²) in [5.74, 6) is -0.921. The van der Waals surface area contributed by atoms with Gasteiger partial charge < -0.3 is 20.1 Å². The van der Waals surface area contributed by atoms with Crippen LogP contribution in [0.4, 0.5) is 5.82 Å². The first-order chi connectivity index (χ1) is 24.2. The first kappa shape index (κ1) is 36.1. The molecule has 11 nitrogen and oxygen atoms in total. The number of carbonyl (C=O) groups excluding carboxylic acids is 2. The molecule has 14 heteroatoms. The van der Waals surface area contributed by atoms with E-state index >= 15 is 0 Å². The van der Waals surface area contributed by atoms with E-state index in [0.29, 0.717) is 17.6 Å². The van der Waals surface area contributed by atoms with E-state index in [4.69, 9.17) is 21.1 Å². The monoisotopic (exact) mass is 739 g/mol. The van der Waals surface area contributed by atoms with E-state index in [9.17, 15) is 18.0 Å². The van der Waals surface area contributed by atoms with Gasteiger partial charge in [0.1, 0.15) is 16.4 Å². The number of hydrogen-bond acceptors (Lipinski definition) is 8. The van der Waals surface area contributed by atoms with Crippen LogP contribution in [0.2, 0.25) is 4.34 Å². The van der Waals surface area contributed by atoms with Crippen molar-refractivity contribution in [2.24, 2.45) is 0 Å². The van der Waals surface area contributed by atoms with Crippen LogP contribution in [0, 0.1) is 0 Å². The van der Waals surface area contributed by atoms with Crippen LogP contribution in [-0.4, -0.2) is 54.3 Å². The van der Waals surface area contributed by atoms with E-state index in [1.54, 1.807) is 0 Å². The fourth-order valence-electron chi connectivity index (χ4n) is 6.51. The molecule has 0 radical (unpaired) electrons. The fraction of sp³-hybridized carbons (Fsp3) is 0.417. The van der Waals surface area contributed by atoms with Crippen molar-refractivity contribution in [3.8, 4) is 0 Å². The molecule has 2 amide bonds. The summed E-state index contributed by atoms with van der Waals surface area (Å²) >= 11 is 6.89. The van der Waals surface area contributed by atoms with Gasteiger partial charge in [0.2, 0.25) is 5.91 Å². The zero-order chi connectivity index (χ0) is 34.9. The molecule has 50 heavy (non-hydrogen) atoms. The molecule has 2 fully saturated rings. The fourth-order valence-corrected chi connectivity index (χ4v) is 8.98. The summed E-state index contributed by atoms with van der Waals surface area (Å²) in [6, 6.07) is 23.5. The van der Waals surface area contributed by atoms with Gasteiger partial charge in [-0.05, 0) is 48.9 Å². The number of anilines is 1. The maximum absolute atomic E-state index is 13.9. The second-order valence-electron chi connectivity index (χ2n) is 12.7. The molecule has 0 saturated heterocycles. The molecule has 2 aromatic heterocycles. The third-order valence-corrected chi connectivity index (χ3v) is 12.1. The van der Waals surface area contributed by atoms with Gasteiger partial charge in [0.25, 0.3) is 15.9 Å². The lowest BCUT2D eigenvalue weighted by Gasteiger charge is -2.32. The molecule has 4 atom stereocenters. The Morgan fingerprint density at radius 3 is 1.92 bits per heavy atom. The zero-order valence-corrected chi connectivity index (χ0v) is 30.0. The summed E-state index contributed by atoms with van der Waals surface area (Å²) in [5.41, 5.74) is 2.15. The van der Waals surface area contributed by atoms with E-state index in [1.807, 2.05) is 60.7 Å². The SMILES string of the molecule is O=C(Cn1nc(NS(=O)(=O)c2ccc(Cl)s2)cc1C(=O)N[C@H]1CCCC[C@@H]1OCc1ccccc1)NC1CCCCC1OCc1ccccc1. The zero-order valence-electron chi connectivity index (χ0n) is 27.6. The molecule has 3 N–H and O–H groups in total. The van der Waals surface area contributed by atoms with Crippen LogP contribution < -0.4 is 15.4 Å². The lowest BCUT2D eigenvalue weighted by atomic mass is 9.92. The van der Waals surface area contributed by atoms with Crippen molar-refractivity contribution in [2.45, 2.75) is 99.6 Å². The van der Waals surface area contributed by atoms with Crippen molar-refractivity contribution in [3.05, 3.63) is 100 Å². The Labute approximate surface area is 301 Å². The minimum atomic E-state index is -4.04. The van der Waals surface area contributed by atoms with Crippen molar-refractivity contribution in [2.75, 3.05) is 4.72 Å². The van der Waals surface area contributed by atoms with Crippen LogP contribution in [0.1, 0.15) is 73.0 Å². The third kappa shape index (κ3) is 9.73. The maximum atomic E-state index is 13.9. The van der Waals surface area contributed by atoms with Crippen LogP contribution in [0.5, 0.6) is 0 Å². The van der Waals surface area contributed by atoms with E-state index in [-0.39, 0.29) is 52.5 Å². The summed E-state index contributed by atoms with van der Waals surface area (Å²) in [5, 5.41) is 10.6. The number of amides is 2. The molecule has 2 aliphatic rings. The Kier molecular flexibility index (Phi) is 12.2. The highest BCUT2D eigenvalue weighted by Crippen LogP contribution is 2.28. The highest BCUT2D eigenvalue weighted by atomic mass is 35.5. The van der Waals surface area contributed by atoms with Gasteiger partial charge in [0.05, 0.1) is 41.8 Å². The number of benzene rings is 2. The van der Waals surface area contributed by atoms with E-state index in [0.717, 1.165) is 73.8 Å². The average Bonchev–Trinajstić information content (AvgIpc) is 3.74. The van der Waals surface area contributed by atoms with Gasteiger partial charge >= 0.3 is 0 Å². The number of ether oxygens (including phenoxy) is 2. The lowest BCUT2D eigenvalue weighted by molar-refractivity contribution is -0.124. The molecule has 2 aliphatic carbocycles. The molecule has 2 aromatic carbocycles. The Bertz CT molecular complexity index is 1840. The first-order valence-electron chi connectivity index (χ1n) is 17.0. The molecular weight excluding hydrogens is 698 g/mol. The van der Waals surface area contributed by atoms with Gasteiger partial charge in [0.15, 0.2) is 5.82 Å². The number of aromatic nitrogens is 2. The van der Waals surface area contributed by atoms with E-state index in [2.05, 4.69) is 20.5 Å². The molecule has 266 valence electrons. The first-order valence-corrected chi connectivity index (χ1v) is 19.7. The number of nitrogens with zero attached hydrogens (tertiary/aromatic N) is 2. The Balaban J connectivity index is 1.17.